The van der Waals surface area contributed by atoms with Crippen LogP contribution in [0.25, 0.3) is 0 Å². The van der Waals surface area contributed by atoms with Crippen LogP contribution in [0.5, 0.6) is 0 Å². The molecule has 6 heteroatoms. The Kier molecular flexibility index (Phi) is 3.49. The van der Waals surface area contributed by atoms with Crippen LogP contribution >= 0.6 is 27.5 Å². The van der Waals surface area contributed by atoms with E-state index in [-0.39, 0.29) is 5.91 Å². The van der Waals surface area contributed by atoms with Gasteiger partial charge >= 0.3 is 0 Å². The number of carbonyl (C=O) groups is 1. The second-order valence-corrected chi connectivity index (χ2v) is 4.84. The zero-order valence-electron chi connectivity index (χ0n) is 8.92. The van der Waals surface area contributed by atoms with Crippen molar-refractivity contribution in [2.75, 3.05) is 5.32 Å². The van der Waals surface area contributed by atoms with Gasteiger partial charge < -0.3 is 5.32 Å². The Labute approximate surface area is 111 Å². The highest BCUT2D eigenvalue weighted by molar-refractivity contribution is 9.10. The first-order valence-corrected chi connectivity index (χ1v) is 6.02. The molecule has 2 rings (SSSR count). The van der Waals surface area contributed by atoms with E-state index in [0.29, 0.717) is 16.4 Å². The Morgan fingerprint density at radius 2 is 2.24 bits per heavy atom. The molecule has 0 atom stereocenters. The zero-order chi connectivity index (χ0) is 12.4. The molecule has 88 valence electrons. The standard InChI is InChI=1S/C11H9BrClN3O/c1-6-4-10(16-15-6)14-11(17)8-5-7(12)2-3-9(8)13/h2-5H,1H3,(H2,14,15,16,17). The zero-order valence-corrected chi connectivity index (χ0v) is 11.3. The number of anilines is 1. The molecule has 2 N–H and O–H groups in total. The van der Waals surface area contributed by atoms with E-state index in [1.807, 2.05) is 6.92 Å². The van der Waals surface area contributed by atoms with Crippen LogP contribution in [-0.4, -0.2) is 16.1 Å². The van der Waals surface area contributed by atoms with Gasteiger partial charge in [0.1, 0.15) is 0 Å². The molecule has 1 aromatic carbocycles. The fourth-order valence-electron chi connectivity index (χ4n) is 1.34. The number of amides is 1. The second kappa shape index (κ2) is 4.89. The van der Waals surface area contributed by atoms with Gasteiger partial charge in [0.05, 0.1) is 10.6 Å². The number of nitrogens with zero attached hydrogens (tertiary/aromatic N) is 1. The van der Waals surface area contributed by atoms with E-state index in [1.54, 1.807) is 24.3 Å². The number of nitrogens with one attached hydrogen (secondary N) is 2. The Morgan fingerprint density at radius 3 is 2.88 bits per heavy atom. The number of hydrogen-bond donors (Lipinski definition) is 2. The normalized spacial score (nSPS) is 10.3. The third-order valence-corrected chi connectivity index (χ3v) is 2.94. The van der Waals surface area contributed by atoms with Gasteiger partial charge in [0.15, 0.2) is 5.82 Å². The topological polar surface area (TPSA) is 57.8 Å². The van der Waals surface area contributed by atoms with E-state index in [2.05, 4.69) is 31.4 Å². The van der Waals surface area contributed by atoms with E-state index in [0.717, 1.165) is 10.2 Å². The van der Waals surface area contributed by atoms with Gasteiger partial charge in [-0.15, -0.1) is 0 Å². The van der Waals surface area contributed by atoms with E-state index in [1.165, 1.54) is 0 Å². The van der Waals surface area contributed by atoms with Gasteiger partial charge in [-0.05, 0) is 25.1 Å². The van der Waals surface area contributed by atoms with Crippen molar-refractivity contribution < 1.29 is 4.79 Å². The summed E-state index contributed by atoms with van der Waals surface area (Å²) >= 11 is 9.25. The molecule has 2 aromatic rings. The molecular weight excluding hydrogens is 305 g/mol. The Hall–Kier alpha value is -1.33. The summed E-state index contributed by atoms with van der Waals surface area (Å²) in [7, 11) is 0. The van der Waals surface area contributed by atoms with Gasteiger partial charge in [0.25, 0.3) is 5.91 Å². The van der Waals surface area contributed by atoms with Crippen LogP contribution in [0.1, 0.15) is 16.1 Å². The lowest BCUT2D eigenvalue weighted by molar-refractivity contribution is 0.102. The van der Waals surface area contributed by atoms with Crippen LogP contribution in [0.15, 0.2) is 28.7 Å². The van der Waals surface area contributed by atoms with Gasteiger partial charge in [-0.1, -0.05) is 27.5 Å². The summed E-state index contributed by atoms with van der Waals surface area (Å²) in [6.07, 6.45) is 0. The monoisotopic (exact) mass is 313 g/mol. The number of hydrogen-bond acceptors (Lipinski definition) is 2. The first-order chi connectivity index (χ1) is 8.06. The maximum atomic E-state index is 11.9. The Balaban J connectivity index is 2.22. The molecule has 0 saturated heterocycles. The maximum Gasteiger partial charge on any atom is 0.258 e. The number of H-pyrrole nitrogens is 1. The average molecular weight is 315 g/mol. The Bertz CT molecular complexity index is 568. The summed E-state index contributed by atoms with van der Waals surface area (Å²) in [6.45, 7) is 1.86. The summed E-state index contributed by atoms with van der Waals surface area (Å²) < 4.78 is 0.797. The quantitative estimate of drug-likeness (QED) is 0.892. The highest BCUT2D eigenvalue weighted by Gasteiger charge is 2.12. The van der Waals surface area contributed by atoms with Gasteiger partial charge in [0, 0.05) is 16.2 Å². The number of aromatic nitrogens is 2. The molecule has 0 aliphatic heterocycles. The van der Waals surface area contributed by atoms with Crippen LogP contribution in [-0.2, 0) is 0 Å². The number of halogens is 2. The molecule has 0 radical (unpaired) electrons. The van der Waals surface area contributed by atoms with E-state index in [9.17, 15) is 4.79 Å². The number of aromatic amines is 1. The van der Waals surface area contributed by atoms with Crippen LogP contribution in [0.2, 0.25) is 5.02 Å². The van der Waals surface area contributed by atoms with Gasteiger partial charge in [0.2, 0.25) is 0 Å². The van der Waals surface area contributed by atoms with Crippen LogP contribution in [0, 0.1) is 6.92 Å². The molecule has 0 bridgehead atoms. The van der Waals surface area contributed by atoms with Crippen LogP contribution < -0.4 is 5.32 Å². The van der Waals surface area contributed by atoms with Gasteiger partial charge in [-0.3, -0.25) is 9.89 Å². The smallest absolute Gasteiger partial charge is 0.258 e. The molecule has 0 spiro atoms. The minimum Gasteiger partial charge on any atom is -0.305 e. The largest absolute Gasteiger partial charge is 0.305 e. The molecule has 0 saturated carbocycles. The number of rotatable bonds is 2. The summed E-state index contributed by atoms with van der Waals surface area (Å²) in [5.41, 5.74) is 1.28. The molecule has 0 aliphatic carbocycles. The minimum absolute atomic E-state index is 0.289. The van der Waals surface area contributed by atoms with Gasteiger partial charge in [-0.2, -0.15) is 5.10 Å². The van der Waals surface area contributed by atoms with Crippen molar-refractivity contribution in [3.05, 3.63) is 45.0 Å². The van der Waals surface area contributed by atoms with E-state index < -0.39 is 0 Å². The Morgan fingerprint density at radius 1 is 1.47 bits per heavy atom. The molecular formula is C11H9BrClN3O. The molecule has 4 nitrogen and oxygen atoms in total. The molecule has 0 aliphatic rings. The second-order valence-electron chi connectivity index (χ2n) is 3.51. The number of aryl methyl sites for hydroxylation is 1. The maximum absolute atomic E-state index is 11.9. The van der Waals surface area contributed by atoms with Crippen molar-refractivity contribution in [3.8, 4) is 0 Å². The third kappa shape index (κ3) is 2.87. The first kappa shape index (κ1) is 12.1. The first-order valence-electron chi connectivity index (χ1n) is 4.84. The molecule has 17 heavy (non-hydrogen) atoms. The van der Waals surface area contributed by atoms with Crippen molar-refractivity contribution in [3.63, 3.8) is 0 Å². The average Bonchev–Trinajstić information content (AvgIpc) is 2.67. The highest BCUT2D eigenvalue weighted by atomic mass is 79.9. The summed E-state index contributed by atoms with van der Waals surface area (Å²) in [6, 6.07) is 6.84. The van der Waals surface area contributed by atoms with Crippen molar-refractivity contribution in [2.45, 2.75) is 6.92 Å². The van der Waals surface area contributed by atoms with Gasteiger partial charge in [-0.25, -0.2) is 0 Å². The molecule has 1 aromatic heterocycles. The molecule has 1 amide bonds. The van der Waals surface area contributed by atoms with Crippen molar-refractivity contribution >= 4 is 39.3 Å². The van der Waals surface area contributed by atoms with Crippen LogP contribution in [0.3, 0.4) is 0 Å². The predicted molar refractivity (Wildman–Crippen MR) is 70.4 cm³/mol. The SMILES string of the molecule is Cc1cc(NC(=O)c2cc(Br)ccc2Cl)n[nH]1. The van der Waals surface area contributed by atoms with Crippen molar-refractivity contribution in [1.29, 1.82) is 0 Å². The molecule has 1 heterocycles. The third-order valence-electron chi connectivity index (χ3n) is 2.12. The summed E-state index contributed by atoms with van der Waals surface area (Å²) in [5.74, 6) is 0.186. The predicted octanol–water partition coefficient (Wildman–Crippen LogP) is 3.39. The van der Waals surface area contributed by atoms with Crippen LogP contribution in [0.4, 0.5) is 5.82 Å². The summed E-state index contributed by atoms with van der Waals surface area (Å²) in [4.78, 5) is 11.9. The lowest BCUT2D eigenvalue weighted by atomic mass is 10.2. The minimum atomic E-state index is -0.289. The van der Waals surface area contributed by atoms with Crippen molar-refractivity contribution in [2.24, 2.45) is 0 Å². The molecule has 0 unspecified atom stereocenters. The van der Waals surface area contributed by atoms with E-state index >= 15 is 0 Å². The summed E-state index contributed by atoms with van der Waals surface area (Å²) in [5, 5.41) is 9.73. The number of benzene rings is 1. The van der Waals surface area contributed by atoms with Crippen molar-refractivity contribution in [1.82, 2.24) is 10.2 Å². The highest BCUT2D eigenvalue weighted by Crippen LogP contribution is 2.21. The molecule has 0 fully saturated rings. The fraction of sp³-hybridized carbons (Fsp3) is 0.0909. The fourth-order valence-corrected chi connectivity index (χ4v) is 1.90. The lowest BCUT2D eigenvalue weighted by Gasteiger charge is -2.04. The van der Waals surface area contributed by atoms with E-state index in [4.69, 9.17) is 11.6 Å². The number of carbonyl (C=O) groups excluding carboxylic acids is 1. The lowest BCUT2D eigenvalue weighted by Crippen LogP contribution is -2.12.